The van der Waals surface area contributed by atoms with E-state index in [0.717, 1.165) is 72.7 Å². The molecular formula is C43H29N5O. The largest absolute Gasteiger partial charge is 0.457 e. The van der Waals surface area contributed by atoms with Crippen molar-refractivity contribution in [2.45, 2.75) is 0 Å². The molecule has 232 valence electrons. The van der Waals surface area contributed by atoms with Gasteiger partial charge < -0.3 is 13.9 Å². The van der Waals surface area contributed by atoms with E-state index in [9.17, 15) is 0 Å². The number of aryl methyl sites for hydroxylation is 1. The van der Waals surface area contributed by atoms with Gasteiger partial charge in [-0.05, 0) is 66.7 Å². The number of pyridine rings is 1. The summed E-state index contributed by atoms with van der Waals surface area (Å²) in [6.07, 6.45) is 1.87. The van der Waals surface area contributed by atoms with E-state index in [1.165, 1.54) is 16.3 Å². The highest BCUT2D eigenvalue weighted by atomic mass is 16.5. The van der Waals surface area contributed by atoms with Crippen LogP contribution in [0.2, 0.25) is 0 Å². The van der Waals surface area contributed by atoms with E-state index in [-0.39, 0.29) is 0 Å². The fourth-order valence-electron chi connectivity index (χ4n) is 7.40. The summed E-state index contributed by atoms with van der Waals surface area (Å²) >= 11 is 0. The molecule has 4 heterocycles. The predicted octanol–water partition coefficient (Wildman–Crippen LogP) is 10.6. The van der Waals surface area contributed by atoms with Gasteiger partial charge in [-0.2, -0.15) is 0 Å². The number of fused-ring (bicyclic) bond motifs is 8. The Morgan fingerprint density at radius 3 is 2.04 bits per heavy atom. The molecule has 6 aromatic carbocycles. The molecule has 0 N–H and O–H groups in total. The second-order valence-corrected chi connectivity index (χ2v) is 12.4. The van der Waals surface area contributed by atoms with Crippen LogP contribution in [-0.2, 0) is 7.05 Å². The first kappa shape index (κ1) is 27.5. The maximum atomic E-state index is 6.57. The fraction of sp³-hybridized carbons (Fsp3) is 0.0233. The van der Waals surface area contributed by atoms with E-state index < -0.39 is 0 Å². The minimum atomic E-state index is 0.737. The van der Waals surface area contributed by atoms with Crippen LogP contribution < -0.4 is 4.74 Å². The maximum Gasteiger partial charge on any atom is 0.145 e. The molecule has 0 saturated carbocycles. The van der Waals surface area contributed by atoms with Crippen LogP contribution >= 0.6 is 0 Å². The summed E-state index contributed by atoms with van der Waals surface area (Å²) in [5, 5.41) is 4.66. The molecule has 49 heavy (non-hydrogen) atoms. The third-order valence-electron chi connectivity index (χ3n) is 9.53. The Morgan fingerprint density at radius 1 is 0.510 bits per heavy atom. The zero-order valence-corrected chi connectivity index (χ0v) is 26.7. The zero-order valence-electron chi connectivity index (χ0n) is 26.7. The second kappa shape index (κ2) is 10.7. The van der Waals surface area contributed by atoms with Gasteiger partial charge in [0.15, 0.2) is 0 Å². The van der Waals surface area contributed by atoms with Crippen molar-refractivity contribution in [3.05, 3.63) is 158 Å². The minimum absolute atomic E-state index is 0.737. The van der Waals surface area contributed by atoms with Crippen LogP contribution in [0.25, 0.3) is 77.5 Å². The number of hydrogen-bond donors (Lipinski definition) is 0. The summed E-state index contributed by atoms with van der Waals surface area (Å²) in [7, 11) is 2.05. The lowest BCUT2D eigenvalue weighted by atomic mass is 10.1. The van der Waals surface area contributed by atoms with Crippen molar-refractivity contribution in [2.24, 2.45) is 7.05 Å². The molecule has 0 aliphatic carbocycles. The molecule has 0 amide bonds. The van der Waals surface area contributed by atoms with Gasteiger partial charge in [-0.15, -0.1) is 0 Å². The Morgan fingerprint density at radius 2 is 1.18 bits per heavy atom. The number of imidazole rings is 1. The first-order chi connectivity index (χ1) is 24.2. The molecule has 0 bridgehead atoms. The van der Waals surface area contributed by atoms with Crippen molar-refractivity contribution in [1.82, 2.24) is 23.7 Å². The van der Waals surface area contributed by atoms with Crippen LogP contribution in [0.15, 0.2) is 158 Å². The number of para-hydroxylation sites is 4. The highest BCUT2D eigenvalue weighted by Gasteiger charge is 2.22. The van der Waals surface area contributed by atoms with E-state index in [2.05, 4.69) is 124 Å². The Bertz CT molecular complexity index is 2880. The molecule has 0 aliphatic heterocycles. The molecule has 10 rings (SSSR count). The molecule has 0 fully saturated rings. The number of nitrogens with zero attached hydrogens (tertiary/aromatic N) is 5. The summed E-state index contributed by atoms with van der Waals surface area (Å²) in [4.78, 5) is 9.85. The number of aromatic nitrogens is 5. The third kappa shape index (κ3) is 4.21. The summed E-state index contributed by atoms with van der Waals surface area (Å²) in [6.45, 7) is 0. The summed E-state index contributed by atoms with van der Waals surface area (Å²) in [5.41, 5.74) is 9.46. The van der Waals surface area contributed by atoms with E-state index in [1.54, 1.807) is 0 Å². The maximum absolute atomic E-state index is 6.57. The molecule has 4 aromatic heterocycles. The minimum Gasteiger partial charge on any atom is -0.457 e. The smallest absolute Gasteiger partial charge is 0.145 e. The van der Waals surface area contributed by atoms with Gasteiger partial charge in [0.05, 0.1) is 33.3 Å². The molecular weight excluding hydrogens is 603 g/mol. The Kier molecular flexibility index (Phi) is 5.99. The molecule has 0 radical (unpaired) electrons. The number of ether oxygens (including phenoxy) is 1. The summed E-state index contributed by atoms with van der Waals surface area (Å²) in [6, 6.07) is 52.5. The van der Waals surface area contributed by atoms with Gasteiger partial charge in [-0.25, -0.2) is 9.97 Å². The van der Waals surface area contributed by atoms with Crippen molar-refractivity contribution in [3.63, 3.8) is 0 Å². The Hall–Kier alpha value is -6.66. The van der Waals surface area contributed by atoms with Crippen LogP contribution in [0.3, 0.4) is 0 Å². The highest BCUT2D eigenvalue weighted by Crippen LogP contribution is 2.41. The quantitative estimate of drug-likeness (QED) is 0.190. The van der Waals surface area contributed by atoms with Gasteiger partial charge in [0, 0.05) is 52.1 Å². The molecule has 0 unspecified atom stereocenters. The van der Waals surface area contributed by atoms with Gasteiger partial charge in [0.2, 0.25) is 0 Å². The molecule has 10 aromatic rings. The standard InChI is InChI=1S/C43H29N5O/c1-46-39-22-8-6-20-37(39)45-42(46)28-12-9-16-31(26-28)49-32-17-10-15-30(27-32)48-41-35(36-19-11-25-44-43(36)48)24-23-34-33-18-5-7-21-38(33)47(40(34)41)29-13-3-2-4-14-29/h2-27H,1H3. The number of rotatable bonds is 5. The van der Waals surface area contributed by atoms with Crippen LogP contribution in [0, 0.1) is 0 Å². The molecule has 6 nitrogen and oxygen atoms in total. The lowest BCUT2D eigenvalue weighted by Gasteiger charge is -2.13. The number of hydrogen-bond acceptors (Lipinski definition) is 3. The van der Waals surface area contributed by atoms with Gasteiger partial charge in [0.25, 0.3) is 0 Å². The molecule has 0 atom stereocenters. The predicted molar refractivity (Wildman–Crippen MR) is 199 cm³/mol. The topological polar surface area (TPSA) is 49.8 Å². The SMILES string of the molecule is Cn1c(-c2cccc(Oc3cccc(-n4c5ncccc5c5ccc6c7ccccc7n(-c7ccccc7)c6c54)c3)c2)nc2ccccc21. The van der Waals surface area contributed by atoms with Crippen LogP contribution in [0.4, 0.5) is 0 Å². The second-order valence-electron chi connectivity index (χ2n) is 12.4. The lowest BCUT2D eigenvalue weighted by Crippen LogP contribution is -1.99. The third-order valence-corrected chi connectivity index (χ3v) is 9.53. The van der Waals surface area contributed by atoms with Crippen LogP contribution in [-0.4, -0.2) is 23.7 Å². The zero-order chi connectivity index (χ0) is 32.5. The monoisotopic (exact) mass is 631 g/mol. The van der Waals surface area contributed by atoms with E-state index in [0.29, 0.717) is 0 Å². The van der Waals surface area contributed by atoms with Crippen molar-refractivity contribution in [3.8, 4) is 34.3 Å². The molecule has 0 spiro atoms. The number of benzene rings is 6. The van der Waals surface area contributed by atoms with E-state index in [4.69, 9.17) is 14.7 Å². The highest BCUT2D eigenvalue weighted by molar-refractivity contribution is 6.23. The lowest BCUT2D eigenvalue weighted by molar-refractivity contribution is 0.482. The summed E-state index contributed by atoms with van der Waals surface area (Å²) in [5.74, 6) is 2.38. The van der Waals surface area contributed by atoms with E-state index in [1.807, 2.05) is 54.7 Å². The molecule has 0 saturated heterocycles. The average Bonchev–Trinajstić information content (AvgIpc) is 3.80. The Balaban J connectivity index is 1.16. The normalized spacial score (nSPS) is 11.8. The fourth-order valence-corrected chi connectivity index (χ4v) is 7.40. The van der Waals surface area contributed by atoms with Gasteiger partial charge in [-0.1, -0.05) is 78.9 Å². The van der Waals surface area contributed by atoms with Crippen molar-refractivity contribution >= 4 is 54.8 Å². The van der Waals surface area contributed by atoms with Crippen LogP contribution in [0.1, 0.15) is 0 Å². The van der Waals surface area contributed by atoms with Gasteiger partial charge >= 0.3 is 0 Å². The van der Waals surface area contributed by atoms with Crippen molar-refractivity contribution < 1.29 is 4.74 Å². The van der Waals surface area contributed by atoms with Crippen molar-refractivity contribution in [1.29, 1.82) is 0 Å². The van der Waals surface area contributed by atoms with E-state index >= 15 is 0 Å². The summed E-state index contributed by atoms with van der Waals surface area (Å²) < 4.78 is 13.4. The Labute approximate surface area is 281 Å². The first-order valence-corrected chi connectivity index (χ1v) is 16.4. The average molecular weight is 632 g/mol. The molecule has 0 aliphatic rings. The molecule has 6 heteroatoms. The van der Waals surface area contributed by atoms with Gasteiger partial charge in [-0.3, -0.25) is 4.57 Å². The first-order valence-electron chi connectivity index (χ1n) is 16.4. The van der Waals surface area contributed by atoms with Crippen LogP contribution in [0.5, 0.6) is 11.5 Å². The van der Waals surface area contributed by atoms with Gasteiger partial charge in [0.1, 0.15) is 23.0 Å². The van der Waals surface area contributed by atoms with Crippen molar-refractivity contribution in [2.75, 3.05) is 0 Å².